The lowest BCUT2D eigenvalue weighted by molar-refractivity contribution is -0.129. The molecule has 4 nitrogen and oxygen atoms in total. The molecule has 0 rings (SSSR count). The first-order valence-electron chi connectivity index (χ1n) is 8.56. The highest BCUT2D eigenvalue weighted by atomic mass is 16.2. The fourth-order valence-electron chi connectivity index (χ4n) is 2.56. The largest absolute Gasteiger partial charge is 0.346 e. The Morgan fingerprint density at radius 1 is 1.22 bits per heavy atom. The predicted octanol–water partition coefficient (Wildman–Crippen LogP) is 3.24. The Morgan fingerprint density at radius 2 is 1.83 bits per heavy atom. The summed E-state index contributed by atoms with van der Waals surface area (Å²) in [5.74, 6) is -0.102. The van der Waals surface area contributed by atoms with E-state index in [0.29, 0.717) is 6.42 Å². The molecule has 0 aliphatic heterocycles. The maximum Gasteiger partial charge on any atom is 0.228 e. The molecule has 4 atom stereocenters. The van der Waals surface area contributed by atoms with Gasteiger partial charge in [-0.15, -0.1) is 6.58 Å². The second-order valence-electron chi connectivity index (χ2n) is 6.50. The lowest BCUT2D eigenvalue weighted by Crippen LogP contribution is -2.44. The van der Waals surface area contributed by atoms with Gasteiger partial charge in [0, 0.05) is 6.04 Å². The molecule has 0 heterocycles. The van der Waals surface area contributed by atoms with E-state index < -0.39 is 6.04 Å². The molecule has 1 amide bonds. The van der Waals surface area contributed by atoms with Gasteiger partial charge in [0.1, 0.15) is 0 Å². The monoisotopic (exact) mass is 322 g/mol. The van der Waals surface area contributed by atoms with Crippen molar-refractivity contribution in [1.82, 2.24) is 10.6 Å². The SMILES string of the molecule is C=CC(C)NCCCC(NC(=O)C(C(=C)C)C(C)CC)C(C)=O. The molecule has 0 saturated carbocycles. The molecule has 4 heteroatoms. The number of Topliss-reactive ketones (excluding diaryl/α,β-unsaturated/α-hetero) is 1. The van der Waals surface area contributed by atoms with E-state index in [1.165, 1.54) is 6.92 Å². The summed E-state index contributed by atoms with van der Waals surface area (Å²) in [5.41, 5.74) is 0.848. The Labute approximate surface area is 141 Å². The average molecular weight is 322 g/mol. The second kappa shape index (κ2) is 11.2. The Kier molecular flexibility index (Phi) is 10.5. The Morgan fingerprint density at radius 3 is 2.26 bits per heavy atom. The van der Waals surface area contributed by atoms with E-state index in [4.69, 9.17) is 0 Å². The third-order valence-corrected chi connectivity index (χ3v) is 4.32. The van der Waals surface area contributed by atoms with E-state index in [2.05, 4.69) is 30.7 Å². The molecule has 4 unspecified atom stereocenters. The smallest absolute Gasteiger partial charge is 0.228 e. The summed E-state index contributed by atoms with van der Waals surface area (Å²) in [5, 5.41) is 6.21. The normalized spacial score (nSPS) is 16.0. The molecular formula is C19H34N2O2. The molecule has 0 aromatic carbocycles. The Balaban J connectivity index is 4.61. The molecule has 0 fully saturated rings. The molecule has 0 spiro atoms. The number of nitrogens with one attached hydrogen (secondary N) is 2. The standard InChI is InChI=1S/C19H34N2O2/c1-8-14(5)18(13(3)4)19(23)21-17(16(7)22)11-10-12-20-15(6)9-2/h9,14-15,17-18,20H,2-3,8,10-12H2,1,4-7H3,(H,21,23). The highest BCUT2D eigenvalue weighted by Crippen LogP contribution is 2.22. The number of hydrogen-bond donors (Lipinski definition) is 2. The highest BCUT2D eigenvalue weighted by Gasteiger charge is 2.27. The van der Waals surface area contributed by atoms with Crippen LogP contribution in [0.25, 0.3) is 0 Å². The zero-order valence-electron chi connectivity index (χ0n) is 15.4. The van der Waals surface area contributed by atoms with Crippen molar-refractivity contribution < 1.29 is 9.59 Å². The van der Waals surface area contributed by atoms with Crippen LogP contribution >= 0.6 is 0 Å². The van der Waals surface area contributed by atoms with Gasteiger partial charge in [0.25, 0.3) is 0 Å². The number of amides is 1. The van der Waals surface area contributed by atoms with Crippen LogP contribution in [0, 0.1) is 11.8 Å². The van der Waals surface area contributed by atoms with Gasteiger partial charge in [-0.2, -0.15) is 0 Å². The van der Waals surface area contributed by atoms with E-state index in [1.807, 2.05) is 26.8 Å². The maximum atomic E-state index is 12.5. The minimum Gasteiger partial charge on any atom is -0.346 e. The number of carbonyl (C=O) groups is 2. The van der Waals surface area contributed by atoms with Crippen LogP contribution in [-0.2, 0) is 9.59 Å². The van der Waals surface area contributed by atoms with Crippen molar-refractivity contribution in [2.24, 2.45) is 11.8 Å². The van der Waals surface area contributed by atoms with E-state index in [-0.39, 0.29) is 29.6 Å². The predicted molar refractivity (Wildman–Crippen MR) is 97.3 cm³/mol. The first-order chi connectivity index (χ1) is 10.7. The van der Waals surface area contributed by atoms with Crippen LogP contribution in [0.1, 0.15) is 53.9 Å². The van der Waals surface area contributed by atoms with Gasteiger partial charge < -0.3 is 10.6 Å². The quantitative estimate of drug-likeness (QED) is 0.428. The molecule has 0 bridgehead atoms. The van der Waals surface area contributed by atoms with Crippen LogP contribution in [-0.4, -0.2) is 30.3 Å². The average Bonchev–Trinajstić information content (AvgIpc) is 2.49. The van der Waals surface area contributed by atoms with Crippen molar-refractivity contribution in [3.63, 3.8) is 0 Å². The first kappa shape index (κ1) is 21.6. The molecule has 0 saturated heterocycles. The minimum absolute atomic E-state index is 0.000244. The van der Waals surface area contributed by atoms with E-state index >= 15 is 0 Å². The summed E-state index contributed by atoms with van der Waals surface area (Å²) in [4.78, 5) is 24.4. The molecular weight excluding hydrogens is 288 g/mol. The number of carbonyl (C=O) groups excluding carboxylic acids is 2. The van der Waals surface area contributed by atoms with Crippen LogP contribution in [0.2, 0.25) is 0 Å². The van der Waals surface area contributed by atoms with E-state index in [0.717, 1.165) is 25.0 Å². The molecule has 0 radical (unpaired) electrons. The van der Waals surface area contributed by atoms with E-state index in [1.54, 1.807) is 0 Å². The van der Waals surface area contributed by atoms with Crippen molar-refractivity contribution >= 4 is 11.7 Å². The molecule has 0 aromatic rings. The van der Waals surface area contributed by atoms with Crippen LogP contribution in [0.3, 0.4) is 0 Å². The summed E-state index contributed by atoms with van der Waals surface area (Å²) in [6.07, 6.45) is 4.21. The summed E-state index contributed by atoms with van der Waals surface area (Å²) in [6, 6.07) is -0.173. The van der Waals surface area contributed by atoms with Gasteiger partial charge in [0.05, 0.1) is 12.0 Å². The van der Waals surface area contributed by atoms with Gasteiger partial charge >= 0.3 is 0 Å². The number of hydrogen-bond acceptors (Lipinski definition) is 3. The van der Waals surface area contributed by atoms with Crippen LogP contribution < -0.4 is 10.6 Å². The van der Waals surface area contributed by atoms with Gasteiger partial charge in [-0.05, 0) is 46.1 Å². The van der Waals surface area contributed by atoms with Crippen molar-refractivity contribution in [2.45, 2.75) is 66.0 Å². The van der Waals surface area contributed by atoms with Crippen molar-refractivity contribution in [3.8, 4) is 0 Å². The molecule has 2 N–H and O–H groups in total. The third kappa shape index (κ3) is 8.12. The number of rotatable bonds is 12. The number of ketones is 1. The second-order valence-corrected chi connectivity index (χ2v) is 6.50. The van der Waals surface area contributed by atoms with Crippen LogP contribution in [0.15, 0.2) is 24.8 Å². The van der Waals surface area contributed by atoms with Gasteiger partial charge in [-0.1, -0.05) is 38.5 Å². The van der Waals surface area contributed by atoms with Gasteiger partial charge in [-0.3, -0.25) is 9.59 Å². The first-order valence-corrected chi connectivity index (χ1v) is 8.56. The van der Waals surface area contributed by atoms with Gasteiger partial charge in [0.2, 0.25) is 5.91 Å². The zero-order valence-corrected chi connectivity index (χ0v) is 15.4. The fourth-order valence-corrected chi connectivity index (χ4v) is 2.56. The fraction of sp³-hybridized carbons (Fsp3) is 0.684. The summed E-state index contributed by atoms with van der Waals surface area (Å²) in [6.45, 7) is 18.0. The van der Waals surface area contributed by atoms with Crippen LogP contribution in [0.5, 0.6) is 0 Å². The molecule has 23 heavy (non-hydrogen) atoms. The van der Waals surface area contributed by atoms with Gasteiger partial charge in [0.15, 0.2) is 5.78 Å². The zero-order chi connectivity index (χ0) is 18.0. The van der Waals surface area contributed by atoms with Crippen LogP contribution in [0.4, 0.5) is 0 Å². The summed E-state index contributed by atoms with van der Waals surface area (Å²) in [7, 11) is 0. The van der Waals surface area contributed by atoms with E-state index in [9.17, 15) is 9.59 Å². The van der Waals surface area contributed by atoms with Crippen molar-refractivity contribution in [2.75, 3.05) is 6.54 Å². The van der Waals surface area contributed by atoms with Gasteiger partial charge in [-0.25, -0.2) is 0 Å². The highest BCUT2D eigenvalue weighted by molar-refractivity contribution is 5.89. The van der Waals surface area contributed by atoms with Crippen molar-refractivity contribution in [1.29, 1.82) is 0 Å². The maximum absolute atomic E-state index is 12.5. The lowest BCUT2D eigenvalue weighted by Gasteiger charge is -2.25. The summed E-state index contributed by atoms with van der Waals surface area (Å²) < 4.78 is 0. The lowest BCUT2D eigenvalue weighted by atomic mass is 9.85. The molecule has 0 aromatic heterocycles. The molecule has 132 valence electrons. The van der Waals surface area contributed by atoms with Crippen molar-refractivity contribution in [3.05, 3.63) is 24.8 Å². The topological polar surface area (TPSA) is 58.2 Å². The Hall–Kier alpha value is -1.42. The molecule has 0 aliphatic rings. The Bertz CT molecular complexity index is 418. The molecule has 0 aliphatic carbocycles. The minimum atomic E-state index is -0.422. The third-order valence-electron chi connectivity index (χ3n) is 4.32. The summed E-state index contributed by atoms with van der Waals surface area (Å²) >= 11 is 0.